The highest BCUT2D eigenvalue weighted by Crippen LogP contribution is 2.25. The Kier molecular flexibility index (Phi) is 4.53. The maximum atomic E-state index is 12.1. The van der Waals surface area contributed by atoms with Gasteiger partial charge in [0.05, 0.1) is 0 Å². The minimum atomic E-state index is 0.380. The quantitative estimate of drug-likeness (QED) is 0.793. The summed E-state index contributed by atoms with van der Waals surface area (Å²) in [6.45, 7) is 4.88. The predicted molar refractivity (Wildman–Crippen MR) is 68.7 cm³/mol. The van der Waals surface area contributed by atoms with Gasteiger partial charge in [0.1, 0.15) is 0 Å². The van der Waals surface area contributed by atoms with Crippen molar-refractivity contribution in [2.75, 3.05) is 31.1 Å². The van der Waals surface area contributed by atoms with Crippen LogP contribution in [0.2, 0.25) is 0 Å². The molecule has 2 aliphatic rings. The van der Waals surface area contributed by atoms with Crippen molar-refractivity contribution in [3.05, 3.63) is 0 Å². The van der Waals surface area contributed by atoms with E-state index in [9.17, 15) is 4.79 Å². The number of thioether (sulfide) groups is 1. The van der Waals surface area contributed by atoms with Crippen LogP contribution < -0.4 is 5.32 Å². The van der Waals surface area contributed by atoms with Crippen LogP contribution in [0, 0.1) is 5.92 Å². The normalized spacial score (nSPS) is 28.1. The van der Waals surface area contributed by atoms with Gasteiger partial charge in [-0.2, -0.15) is 11.8 Å². The Balaban J connectivity index is 1.77. The summed E-state index contributed by atoms with van der Waals surface area (Å²) in [4.78, 5) is 14.1. The van der Waals surface area contributed by atoms with E-state index in [1.165, 1.54) is 24.3 Å². The second-order valence-corrected chi connectivity index (χ2v) is 6.18. The standard InChI is InChI=1S/C12H22N2OS/c1-10-9-14(5-4-13-10)12(15)8-11-2-6-16-7-3-11/h10-11,13H,2-9H2,1H3. The number of carbonyl (C=O) groups is 1. The second kappa shape index (κ2) is 5.92. The maximum absolute atomic E-state index is 12.1. The smallest absolute Gasteiger partial charge is 0.222 e. The van der Waals surface area contributed by atoms with Gasteiger partial charge < -0.3 is 10.2 Å². The van der Waals surface area contributed by atoms with Crippen LogP contribution in [-0.4, -0.2) is 48.0 Å². The monoisotopic (exact) mass is 242 g/mol. The van der Waals surface area contributed by atoms with Gasteiger partial charge in [-0.15, -0.1) is 0 Å². The fraction of sp³-hybridized carbons (Fsp3) is 0.917. The molecular formula is C12H22N2OS. The van der Waals surface area contributed by atoms with Gasteiger partial charge in [0.15, 0.2) is 0 Å². The van der Waals surface area contributed by atoms with Gasteiger partial charge in [0.2, 0.25) is 5.91 Å². The number of carbonyl (C=O) groups excluding carboxylic acids is 1. The zero-order valence-electron chi connectivity index (χ0n) is 10.1. The molecule has 0 aromatic rings. The first kappa shape index (κ1) is 12.2. The third-order valence-corrected chi connectivity index (χ3v) is 4.57. The van der Waals surface area contributed by atoms with Crippen LogP contribution in [0.5, 0.6) is 0 Å². The summed E-state index contributed by atoms with van der Waals surface area (Å²) in [7, 11) is 0. The Hall–Kier alpha value is -0.220. The Morgan fingerprint density at radius 1 is 1.44 bits per heavy atom. The van der Waals surface area contributed by atoms with Gasteiger partial charge in [0.25, 0.3) is 0 Å². The Bertz CT molecular complexity index is 241. The molecule has 2 rings (SSSR count). The van der Waals surface area contributed by atoms with Gasteiger partial charge in [-0.05, 0) is 37.2 Å². The van der Waals surface area contributed by atoms with Crippen LogP contribution in [0.25, 0.3) is 0 Å². The Morgan fingerprint density at radius 2 is 2.19 bits per heavy atom. The summed E-state index contributed by atoms with van der Waals surface area (Å²) >= 11 is 2.03. The molecule has 2 heterocycles. The van der Waals surface area contributed by atoms with Crippen molar-refractivity contribution in [3.63, 3.8) is 0 Å². The van der Waals surface area contributed by atoms with Gasteiger partial charge in [0, 0.05) is 32.1 Å². The molecule has 0 aliphatic carbocycles. The fourth-order valence-corrected chi connectivity index (χ4v) is 3.69. The summed E-state index contributed by atoms with van der Waals surface area (Å²) in [6.07, 6.45) is 3.25. The summed E-state index contributed by atoms with van der Waals surface area (Å²) in [5.74, 6) is 3.52. The van der Waals surface area contributed by atoms with Crippen LogP contribution in [0.1, 0.15) is 26.2 Å². The molecule has 2 fully saturated rings. The lowest BCUT2D eigenvalue weighted by molar-refractivity contribution is -0.133. The number of nitrogens with one attached hydrogen (secondary N) is 1. The molecule has 1 atom stereocenters. The average molecular weight is 242 g/mol. The molecule has 0 aromatic heterocycles. The van der Waals surface area contributed by atoms with E-state index in [0.717, 1.165) is 26.1 Å². The number of amides is 1. The molecule has 2 aliphatic heterocycles. The van der Waals surface area contributed by atoms with E-state index >= 15 is 0 Å². The molecule has 0 spiro atoms. The van der Waals surface area contributed by atoms with Gasteiger partial charge >= 0.3 is 0 Å². The molecule has 4 heteroatoms. The van der Waals surface area contributed by atoms with E-state index in [2.05, 4.69) is 12.2 Å². The fourth-order valence-electron chi connectivity index (χ4n) is 2.49. The highest BCUT2D eigenvalue weighted by molar-refractivity contribution is 7.99. The van der Waals surface area contributed by atoms with Crippen molar-refractivity contribution in [2.24, 2.45) is 5.92 Å². The molecule has 0 bridgehead atoms. The van der Waals surface area contributed by atoms with Crippen molar-refractivity contribution < 1.29 is 4.79 Å². The van der Waals surface area contributed by atoms with E-state index in [1.807, 2.05) is 16.7 Å². The molecule has 1 N–H and O–H groups in total. The van der Waals surface area contributed by atoms with Crippen LogP contribution in [0.3, 0.4) is 0 Å². The molecule has 92 valence electrons. The van der Waals surface area contributed by atoms with Gasteiger partial charge in [-0.3, -0.25) is 4.79 Å². The van der Waals surface area contributed by atoms with Gasteiger partial charge in [-0.1, -0.05) is 0 Å². The summed E-state index contributed by atoms with van der Waals surface area (Å²) in [6, 6.07) is 0.458. The van der Waals surface area contributed by atoms with Crippen molar-refractivity contribution >= 4 is 17.7 Å². The number of hydrogen-bond donors (Lipinski definition) is 1. The topological polar surface area (TPSA) is 32.3 Å². The van der Waals surface area contributed by atoms with Crippen molar-refractivity contribution in [1.82, 2.24) is 10.2 Å². The maximum Gasteiger partial charge on any atom is 0.222 e. The average Bonchev–Trinajstić information content (AvgIpc) is 2.30. The molecule has 1 amide bonds. The third-order valence-electron chi connectivity index (χ3n) is 3.53. The first-order valence-corrected chi connectivity index (χ1v) is 7.50. The minimum Gasteiger partial charge on any atom is -0.340 e. The van der Waals surface area contributed by atoms with Crippen molar-refractivity contribution in [1.29, 1.82) is 0 Å². The Morgan fingerprint density at radius 3 is 2.88 bits per heavy atom. The summed E-state index contributed by atoms with van der Waals surface area (Å²) < 4.78 is 0. The molecule has 2 saturated heterocycles. The van der Waals surface area contributed by atoms with Crippen molar-refractivity contribution in [3.8, 4) is 0 Å². The largest absolute Gasteiger partial charge is 0.340 e. The predicted octanol–water partition coefficient (Wildman–Crippen LogP) is 1.34. The van der Waals surface area contributed by atoms with E-state index in [4.69, 9.17) is 0 Å². The Labute approximate surface area is 102 Å². The lowest BCUT2D eigenvalue weighted by atomic mass is 9.98. The molecule has 0 aromatic carbocycles. The molecule has 0 saturated carbocycles. The number of piperazine rings is 1. The molecular weight excluding hydrogens is 220 g/mol. The lowest BCUT2D eigenvalue weighted by Crippen LogP contribution is -2.51. The zero-order chi connectivity index (χ0) is 11.4. The number of hydrogen-bond acceptors (Lipinski definition) is 3. The molecule has 0 radical (unpaired) electrons. The zero-order valence-corrected chi connectivity index (χ0v) is 10.9. The summed E-state index contributed by atoms with van der Waals surface area (Å²) in [5.41, 5.74) is 0. The van der Waals surface area contributed by atoms with Crippen LogP contribution in [0.15, 0.2) is 0 Å². The summed E-state index contributed by atoms with van der Waals surface area (Å²) in [5, 5.41) is 3.37. The number of nitrogens with zero attached hydrogens (tertiary/aromatic N) is 1. The van der Waals surface area contributed by atoms with Gasteiger partial charge in [-0.25, -0.2) is 0 Å². The highest BCUT2D eigenvalue weighted by atomic mass is 32.2. The highest BCUT2D eigenvalue weighted by Gasteiger charge is 2.24. The van der Waals surface area contributed by atoms with Crippen LogP contribution >= 0.6 is 11.8 Å². The molecule has 16 heavy (non-hydrogen) atoms. The van der Waals surface area contributed by atoms with E-state index in [0.29, 0.717) is 17.9 Å². The van der Waals surface area contributed by atoms with Crippen LogP contribution in [0.4, 0.5) is 0 Å². The first-order chi connectivity index (χ1) is 7.75. The van der Waals surface area contributed by atoms with E-state index in [-0.39, 0.29) is 0 Å². The lowest BCUT2D eigenvalue weighted by Gasteiger charge is -2.33. The third kappa shape index (κ3) is 3.39. The van der Waals surface area contributed by atoms with E-state index < -0.39 is 0 Å². The van der Waals surface area contributed by atoms with E-state index in [1.54, 1.807) is 0 Å². The second-order valence-electron chi connectivity index (χ2n) is 4.95. The first-order valence-electron chi connectivity index (χ1n) is 6.34. The van der Waals surface area contributed by atoms with Crippen LogP contribution in [-0.2, 0) is 4.79 Å². The SMILES string of the molecule is CC1CN(C(=O)CC2CCSCC2)CCN1. The van der Waals surface area contributed by atoms with Crippen molar-refractivity contribution in [2.45, 2.75) is 32.2 Å². The molecule has 3 nitrogen and oxygen atoms in total. The molecule has 1 unspecified atom stereocenters. The number of rotatable bonds is 2. The minimum absolute atomic E-state index is 0.380.